The van der Waals surface area contributed by atoms with Crippen LogP contribution in [0.4, 0.5) is 0 Å². The van der Waals surface area contributed by atoms with Gasteiger partial charge in [-0.2, -0.15) is 0 Å². The molecule has 0 aromatic carbocycles. The zero-order chi connectivity index (χ0) is 16.1. The lowest BCUT2D eigenvalue weighted by atomic mass is 9.95. The lowest BCUT2D eigenvalue weighted by Gasteiger charge is -2.32. The van der Waals surface area contributed by atoms with Gasteiger partial charge in [-0.25, -0.2) is 9.97 Å². The summed E-state index contributed by atoms with van der Waals surface area (Å²) in [5, 5.41) is 4.88. The molecule has 0 unspecified atom stereocenters. The number of thiophene rings is 1. The Morgan fingerprint density at radius 3 is 2.87 bits per heavy atom. The second-order valence-corrected chi connectivity index (χ2v) is 7.02. The first-order valence-corrected chi connectivity index (χ1v) is 8.78. The van der Waals surface area contributed by atoms with Crippen molar-refractivity contribution in [2.75, 3.05) is 6.61 Å². The molecule has 2 aromatic heterocycles. The minimum Gasteiger partial charge on any atom is -0.367 e. The standard InChI is InChI=1S/C17H21N3O2S/c1-17(6-2-3-7-22-17)16-19-11-13(12-20-16)10-18-15(21)9-14-5-4-8-23-14/h4-5,8,11-12H,2-3,6-7,9-10H2,1H3,(H,18,21)/t17-/m0/s1. The first-order valence-electron chi connectivity index (χ1n) is 7.90. The van der Waals surface area contributed by atoms with E-state index < -0.39 is 0 Å². The highest BCUT2D eigenvalue weighted by molar-refractivity contribution is 7.10. The van der Waals surface area contributed by atoms with Gasteiger partial charge in [0.2, 0.25) is 5.91 Å². The van der Waals surface area contributed by atoms with Crippen molar-refractivity contribution in [3.63, 3.8) is 0 Å². The Hall–Kier alpha value is -1.79. The maximum Gasteiger partial charge on any atom is 0.225 e. The Kier molecular flexibility index (Phi) is 5.03. The van der Waals surface area contributed by atoms with E-state index in [2.05, 4.69) is 15.3 Å². The van der Waals surface area contributed by atoms with Crippen LogP contribution in [-0.4, -0.2) is 22.5 Å². The lowest BCUT2D eigenvalue weighted by Crippen LogP contribution is -2.32. The molecule has 0 aliphatic carbocycles. The van der Waals surface area contributed by atoms with E-state index in [-0.39, 0.29) is 11.5 Å². The number of carbonyl (C=O) groups is 1. The molecular formula is C17H21N3O2S. The highest BCUT2D eigenvalue weighted by Crippen LogP contribution is 2.32. The summed E-state index contributed by atoms with van der Waals surface area (Å²) >= 11 is 1.59. The number of ether oxygens (including phenoxy) is 1. The molecule has 0 radical (unpaired) electrons. The van der Waals surface area contributed by atoms with Crippen LogP contribution in [0.15, 0.2) is 29.9 Å². The van der Waals surface area contributed by atoms with Crippen molar-refractivity contribution in [3.05, 3.63) is 46.2 Å². The van der Waals surface area contributed by atoms with Gasteiger partial charge in [-0.1, -0.05) is 6.07 Å². The highest BCUT2D eigenvalue weighted by atomic mass is 32.1. The number of nitrogens with one attached hydrogen (secondary N) is 1. The molecule has 1 atom stereocenters. The van der Waals surface area contributed by atoms with Crippen LogP contribution < -0.4 is 5.32 Å². The summed E-state index contributed by atoms with van der Waals surface area (Å²) in [5.74, 6) is 0.741. The van der Waals surface area contributed by atoms with Gasteiger partial charge in [0.1, 0.15) is 5.60 Å². The monoisotopic (exact) mass is 331 g/mol. The number of carbonyl (C=O) groups excluding carboxylic acids is 1. The molecule has 1 N–H and O–H groups in total. The number of hydrogen-bond donors (Lipinski definition) is 1. The second-order valence-electron chi connectivity index (χ2n) is 5.98. The third-order valence-electron chi connectivity index (χ3n) is 4.05. The molecule has 23 heavy (non-hydrogen) atoms. The van der Waals surface area contributed by atoms with E-state index in [1.165, 1.54) is 0 Å². The molecular weight excluding hydrogens is 310 g/mol. The quantitative estimate of drug-likeness (QED) is 0.915. The fourth-order valence-electron chi connectivity index (χ4n) is 2.66. The third kappa shape index (κ3) is 4.14. The highest BCUT2D eigenvalue weighted by Gasteiger charge is 2.32. The van der Waals surface area contributed by atoms with Crippen LogP contribution in [0.3, 0.4) is 0 Å². The van der Waals surface area contributed by atoms with Gasteiger partial charge in [0.05, 0.1) is 6.42 Å². The van der Waals surface area contributed by atoms with Gasteiger partial charge in [-0.3, -0.25) is 4.79 Å². The zero-order valence-corrected chi connectivity index (χ0v) is 14.1. The molecule has 1 aliphatic rings. The lowest BCUT2D eigenvalue weighted by molar-refractivity contribution is -0.120. The fourth-order valence-corrected chi connectivity index (χ4v) is 3.37. The molecule has 1 fully saturated rings. The Bertz CT molecular complexity index is 634. The molecule has 1 amide bonds. The number of amides is 1. The summed E-state index contributed by atoms with van der Waals surface area (Å²) in [6.45, 7) is 3.26. The van der Waals surface area contributed by atoms with E-state index in [1.807, 2.05) is 24.4 Å². The Morgan fingerprint density at radius 2 is 2.22 bits per heavy atom. The predicted octanol–water partition coefficient (Wildman–Crippen LogP) is 2.81. The van der Waals surface area contributed by atoms with E-state index in [4.69, 9.17) is 4.74 Å². The smallest absolute Gasteiger partial charge is 0.225 e. The second kappa shape index (κ2) is 7.19. The van der Waals surface area contributed by atoms with E-state index in [9.17, 15) is 4.79 Å². The van der Waals surface area contributed by atoms with Gasteiger partial charge in [-0.15, -0.1) is 11.3 Å². The largest absolute Gasteiger partial charge is 0.367 e. The number of nitrogens with zero attached hydrogens (tertiary/aromatic N) is 2. The van der Waals surface area contributed by atoms with Crippen molar-refractivity contribution < 1.29 is 9.53 Å². The van der Waals surface area contributed by atoms with Crippen molar-refractivity contribution in [1.29, 1.82) is 0 Å². The van der Waals surface area contributed by atoms with Crippen LogP contribution in [0.5, 0.6) is 0 Å². The van der Waals surface area contributed by atoms with Crippen LogP contribution in [-0.2, 0) is 28.1 Å². The summed E-state index contributed by atoms with van der Waals surface area (Å²) < 4.78 is 5.85. The number of rotatable bonds is 5. The fraction of sp³-hybridized carbons (Fsp3) is 0.471. The van der Waals surface area contributed by atoms with Gasteiger partial charge < -0.3 is 10.1 Å². The van der Waals surface area contributed by atoms with E-state index >= 15 is 0 Å². The number of aromatic nitrogens is 2. The normalized spacial score (nSPS) is 21.1. The van der Waals surface area contributed by atoms with Gasteiger partial charge >= 0.3 is 0 Å². The van der Waals surface area contributed by atoms with Gasteiger partial charge in [0.25, 0.3) is 0 Å². The third-order valence-corrected chi connectivity index (χ3v) is 4.93. The van der Waals surface area contributed by atoms with Crippen LogP contribution in [0.25, 0.3) is 0 Å². The van der Waals surface area contributed by atoms with E-state index in [0.29, 0.717) is 13.0 Å². The Morgan fingerprint density at radius 1 is 1.39 bits per heavy atom. The summed E-state index contributed by atoms with van der Waals surface area (Å²) in [4.78, 5) is 21.8. The van der Waals surface area contributed by atoms with Crippen LogP contribution in [0, 0.1) is 0 Å². The molecule has 1 saturated heterocycles. The maximum atomic E-state index is 11.9. The topological polar surface area (TPSA) is 64.1 Å². The van der Waals surface area contributed by atoms with Crippen LogP contribution >= 0.6 is 11.3 Å². The minimum absolute atomic E-state index is 0.0131. The Labute approximate surface area is 140 Å². The first kappa shape index (κ1) is 16.1. The average molecular weight is 331 g/mol. The van der Waals surface area contributed by atoms with Gasteiger partial charge in [-0.05, 0) is 37.6 Å². The molecule has 1 aliphatic heterocycles. The molecule has 3 rings (SSSR count). The van der Waals surface area contributed by atoms with Crippen LogP contribution in [0.1, 0.15) is 42.5 Å². The molecule has 0 spiro atoms. The SMILES string of the molecule is C[C@@]1(c2ncc(CNC(=O)Cc3cccs3)cn2)CCCCO1. The van der Waals surface area contributed by atoms with Gasteiger partial charge in [0.15, 0.2) is 5.82 Å². The molecule has 0 bridgehead atoms. The summed E-state index contributed by atoms with van der Waals surface area (Å²) in [5.41, 5.74) is 0.520. The molecule has 3 heterocycles. The molecule has 6 heteroatoms. The predicted molar refractivity (Wildman–Crippen MR) is 89.1 cm³/mol. The summed E-state index contributed by atoms with van der Waals surface area (Å²) in [6, 6.07) is 3.92. The number of hydrogen-bond acceptors (Lipinski definition) is 5. The van der Waals surface area contributed by atoms with E-state index in [0.717, 1.165) is 42.1 Å². The van der Waals surface area contributed by atoms with Crippen molar-refractivity contribution in [1.82, 2.24) is 15.3 Å². The van der Waals surface area contributed by atoms with Crippen molar-refractivity contribution in [2.24, 2.45) is 0 Å². The molecule has 122 valence electrons. The maximum absolute atomic E-state index is 11.9. The van der Waals surface area contributed by atoms with E-state index in [1.54, 1.807) is 23.7 Å². The molecule has 0 saturated carbocycles. The Balaban J connectivity index is 1.54. The molecule has 5 nitrogen and oxygen atoms in total. The summed E-state index contributed by atoms with van der Waals surface area (Å²) in [7, 11) is 0. The van der Waals surface area contributed by atoms with Crippen molar-refractivity contribution in [2.45, 2.75) is 44.8 Å². The van der Waals surface area contributed by atoms with Crippen molar-refractivity contribution in [3.8, 4) is 0 Å². The summed E-state index contributed by atoms with van der Waals surface area (Å²) in [6.07, 6.45) is 7.16. The molecule has 2 aromatic rings. The average Bonchev–Trinajstić information content (AvgIpc) is 3.07. The van der Waals surface area contributed by atoms with Gasteiger partial charge in [0, 0.05) is 36.0 Å². The van der Waals surface area contributed by atoms with Crippen molar-refractivity contribution >= 4 is 17.2 Å². The minimum atomic E-state index is -0.376. The van der Waals surface area contributed by atoms with Crippen LogP contribution in [0.2, 0.25) is 0 Å². The zero-order valence-electron chi connectivity index (χ0n) is 13.2. The first-order chi connectivity index (χ1) is 11.2.